The number of aromatic nitrogens is 1. The zero-order valence-corrected chi connectivity index (χ0v) is 15.5. The van der Waals surface area contributed by atoms with Gasteiger partial charge in [-0.3, -0.25) is 4.79 Å². The lowest BCUT2D eigenvalue weighted by Gasteiger charge is -2.13. The van der Waals surface area contributed by atoms with E-state index in [0.717, 1.165) is 28.1 Å². The number of anilines is 1. The number of nitrogens with one attached hydrogen (secondary N) is 2. The van der Waals surface area contributed by atoms with Crippen LogP contribution in [0.15, 0.2) is 35.0 Å². The van der Waals surface area contributed by atoms with E-state index in [0.29, 0.717) is 16.8 Å². The number of carbonyl (C=O) groups excluding carboxylic acids is 2. The summed E-state index contributed by atoms with van der Waals surface area (Å²) >= 11 is 1.57. The second kappa shape index (κ2) is 6.14. The topological polar surface area (TPSA) is 71.2 Å². The molecule has 1 aliphatic heterocycles. The number of ether oxygens (including phenoxy) is 1. The molecular formula is C20H18N2O3S. The monoisotopic (exact) mass is 366 g/mol. The molecule has 1 amide bonds. The van der Waals surface area contributed by atoms with Crippen molar-refractivity contribution in [2.75, 3.05) is 12.4 Å². The van der Waals surface area contributed by atoms with Crippen molar-refractivity contribution in [2.24, 2.45) is 0 Å². The zero-order valence-electron chi connectivity index (χ0n) is 14.7. The number of hydrogen-bond acceptors (Lipinski definition) is 4. The maximum Gasteiger partial charge on any atom is 0.340 e. The highest BCUT2D eigenvalue weighted by Crippen LogP contribution is 2.44. The quantitative estimate of drug-likeness (QED) is 0.682. The van der Waals surface area contributed by atoms with Crippen molar-refractivity contribution in [1.82, 2.24) is 4.98 Å². The third-order valence-corrected chi connectivity index (χ3v) is 5.44. The Morgan fingerprint density at radius 2 is 2.04 bits per heavy atom. The van der Waals surface area contributed by atoms with Crippen molar-refractivity contribution in [1.29, 1.82) is 0 Å². The van der Waals surface area contributed by atoms with Crippen molar-refractivity contribution < 1.29 is 14.3 Å². The summed E-state index contributed by atoms with van der Waals surface area (Å²) < 4.78 is 5.01. The van der Waals surface area contributed by atoms with E-state index in [-0.39, 0.29) is 5.91 Å². The third-order valence-electron chi connectivity index (χ3n) is 4.75. The molecule has 0 saturated heterocycles. The molecule has 3 heterocycles. The van der Waals surface area contributed by atoms with E-state index in [1.165, 1.54) is 7.11 Å². The Morgan fingerprint density at radius 3 is 2.73 bits per heavy atom. The maximum absolute atomic E-state index is 12.9. The summed E-state index contributed by atoms with van der Waals surface area (Å²) in [5, 5.41) is 6.91. The highest BCUT2D eigenvalue weighted by atomic mass is 32.1. The average Bonchev–Trinajstić information content (AvgIpc) is 3.31. The molecule has 6 heteroatoms. The molecule has 5 nitrogen and oxygen atoms in total. The molecule has 4 rings (SSSR count). The van der Waals surface area contributed by atoms with Gasteiger partial charge >= 0.3 is 5.97 Å². The van der Waals surface area contributed by atoms with E-state index in [1.54, 1.807) is 11.3 Å². The molecule has 0 bridgehead atoms. The van der Waals surface area contributed by atoms with Crippen LogP contribution in [-0.2, 0) is 9.53 Å². The van der Waals surface area contributed by atoms with E-state index in [1.807, 2.05) is 48.9 Å². The van der Waals surface area contributed by atoms with Crippen LogP contribution in [0.1, 0.15) is 38.7 Å². The Labute approximate surface area is 155 Å². The molecule has 132 valence electrons. The number of benzene rings is 1. The number of carbonyl (C=O) groups is 2. The average molecular weight is 366 g/mol. The molecule has 2 aromatic heterocycles. The minimum Gasteiger partial charge on any atom is -0.465 e. The second-order valence-electron chi connectivity index (χ2n) is 6.43. The molecule has 0 unspecified atom stereocenters. The van der Waals surface area contributed by atoms with Crippen LogP contribution in [0.2, 0.25) is 0 Å². The van der Waals surface area contributed by atoms with Gasteiger partial charge in [0.25, 0.3) is 0 Å². The first-order chi connectivity index (χ1) is 12.5. The summed E-state index contributed by atoms with van der Waals surface area (Å²) in [5.41, 5.74) is 6.29. The molecule has 0 aliphatic carbocycles. The van der Waals surface area contributed by atoms with Gasteiger partial charge in [0.2, 0.25) is 5.91 Å². The molecule has 0 fully saturated rings. The summed E-state index contributed by atoms with van der Waals surface area (Å²) in [7, 11) is 1.36. The Bertz CT molecular complexity index is 1020. The van der Waals surface area contributed by atoms with Gasteiger partial charge in [-0.05, 0) is 36.9 Å². The van der Waals surface area contributed by atoms with Crippen LogP contribution < -0.4 is 5.32 Å². The lowest BCUT2D eigenvalue weighted by Crippen LogP contribution is -2.17. The Hall–Kier alpha value is -2.86. The molecule has 1 aromatic carbocycles. The van der Waals surface area contributed by atoms with Gasteiger partial charge in [-0.25, -0.2) is 4.79 Å². The SMILES string of the molecule is COC(=O)c1c(C)[nH]c(-c2ccsc2)c1[C@H]1C(=O)Nc2ccc(C)cc21. The first kappa shape index (κ1) is 16.6. The van der Waals surface area contributed by atoms with Crippen molar-refractivity contribution in [3.8, 4) is 11.3 Å². The molecule has 1 atom stereocenters. The number of hydrogen-bond donors (Lipinski definition) is 2. The van der Waals surface area contributed by atoms with Gasteiger partial charge in [0.1, 0.15) is 0 Å². The van der Waals surface area contributed by atoms with E-state index < -0.39 is 11.9 Å². The molecular weight excluding hydrogens is 348 g/mol. The Morgan fingerprint density at radius 1 is 1.23 bits per heavy atom. The van der Waals surface area contributed by atoms with E-state index in [4.69, 9.17) is 4.74 Å². The van der Waals surface area contributed by atoms with Gasteiger partial charge in [-0.1, -0.05) is 17.7 Å². The van der Waals surface area contributed by atoms with Crippen LogP contribution in [0.5, 0.6) is 0 Å². The fourth-order valence-corrected chi connectivity index (χ4v) is 4.25. The predicted octanol–water partition coefficient (Wildman–Crippen LogP) is 4.23. The number of esters is 1. The number of fused-ring (bicyclic) bond motifs is 1. The van der Waals surface area contributed by atoms with E-state index >= 15 is 0 Å². The van der Waals surface area contributed by atoms with Gasteiger partial charge in [0.15, 0.2) is 0 Å². The molecule has 0 saturated carbocycles. The standard InChI is InChI=1S/C20H18N2O3S/c1-10-4-5-14-13(8-10)16(19(23)22-14)17-15(20(24)25-3)11(2)21-18(17)12-6-7-26-9-12/h4-9,16,21H,1-3H3,(H,22,23)/t16-/m0/s1. The van der Waals surface area contributed by atoms with Crippen molar-refractivity contribution in [3.63, 3.8) is 0 Å². The molecule has 26 heavy (non-hydrogen) atoms. The summed E-state index contributed by atoms with van der Waals surface area (Å²) in [6.45, 7) is 3.82. The summed E-state index contributed by atoms with van der Waals surface area (Å²) in [6, 6.07) is 7.85. The first-order valence-corrected chi connectivity index (χ1v) is 9.20. The van der Waals surface area contributed by atoms with Crippen LogP contribution in [-0.4, -0.2) is 24.0 Å². The van der Waals surface area contributed by atoms with Gasteiger partial charge in [0, 0.05) is 27.9 Å². The van der Waals surface area contributed by atoms with Crippen LogP contribution in [0.25, 0.3) is 11.3 Å². The van der Waals surface area contributed by atoms with Crippen molar-refractivity contribution in [2.45, 2.75) is 19.8 Å². The molecule has 0 radical (unpaired) electrons. The number of aryl methyl sites for hydroxylation is 2. The fraction of sp³-hybridized carbons (Fsp3) is 0.200. The number of thiophene rings is 1. The zero-order chi connectivity index (χ0) is 18.4. The van der Waals surface area contributed by atoms with Gasteiger partial charge in [0.05, 0.1) is 24.3 Å². The Balaban J connectivity index is 2.01. The lowest BCUT2D eigenvalue weighted by molar-refractivity contribution is -0.116. The predicted molar refractivity (Wildman–Crippen MR) is 102 cm³/mol. The van der Waals surface area contributed by atoms with Gasteiger partial charge in [-0.15, -0.1) is 0 Å². The number of rotatable bonds is 3. The minimum absolute atomic E-state index is 0.133. The highest BCUT2D eigenvalue weighted by Gasteiger charge is 2.38. The van der Waals surface area contributed by atoms with Gasteiger partial charge < -0.3 is 15.0 Å². The number of methoxy groups -OCH3 is 1. The Kier molecular flexibility index (Phi) is 3.92. The first-order valence-electron chi connectivity index (χ1n) is 8.26. The van der Waals surface area contributed by atoms with Crippen LogP contribution in [0.3, 0.4) is 0 Å². The van der Waals surface area contributed by atoms with E-state index in [9.17, 15) is 9.59 Å². The van der Waals surface area contributed by atoms with Crippen molar-refractivity contribution in [3.05, 3.63) is 63.0 Å². The van der Waals surface area contributed by atoms with Crippen LogP contribution >= 0.6 is 11.3 Å². The van der Waals surface area contributed by atoms with Crippen LogP contribution in [0.4, 0.5) is 5.69 Å². The number of amides is 1. The maximum atomic E-state index is 12.9. The number of aromatic amines is 1. The lowest BCUT2D eigenvalue weighted by atomic mass is 9.87. The normalized spacial score (nSPS) is 15.7. The minimum atomic E-state index is -0.557. The molecule has 2 N–H and O–H groups in total. The fourth-order valence-electron chi connectivity index (χ4n) is 3.60. The van der Waals surface area contributed by atoms with E-state index in [2.05, 4.69) is 10.3 Å². The van der Waals surface area contributed by atoms with Crippen LogP contribution in [0, 0.1) is 13.8 Å². The number of H-pyrrole nitrogens is 1. The molecule has 1 aliphatic rings. The highest BCUT2D eigenvalue weighted by molar-refractivity contribution is 7.08. The van der Waals surface area contributed by atoms with Crippen molar-refractivity contribution >= 4 is 28.9 Å². The second-order valence-corrected chi connectivity index (χ2v) is 7.21. The van der Waals surface area contributed by atoms with Gasteiger partial charge in [-0.2, -0.15) is 11.3 Å². The summed E-state index contributed by atoms with van der Waals surface area (Å²) in [5.74, 6) is -1.13. The summed E-state index contributed by atoms with van der Waals surface area (Å²) in [6.07, 6.45) is 0. The smallest absolute Gasteiger partial charge is 0.340 e. The molecule has 0 spiro atoms. The third kappa shape index (κ3) is 2.45. The largest absolute Gasteiger partial charge is 0.465 e. The summed E-state index contributed by atoms with van der Waals surface area (Å²) in [4.78, 5) is 28.7. The molecule has 3 aromatic rings.